The zero-order valence-electron chi connectivity index (χ0n) is 25.0. The van der Waals surface area contributed by atoms with Gasteiger partial charge in [0.25, 0.3) is 0 Å². The maximum absolute atomic E-state index is 6.25. The van der Waals surface area contributed by atoms with Crippen molar-refractivity contribution in [1.29, 1.82) is 0 Å². The fraction of sp³-hybridized carbons (Fsp3) is 0.385. The molecule has 4 aromatic carbocycles. The van der Waals surface area contributed by atoms with Crippen LogP contribution in [-0.2, 0) is 18.3 Å². The van der Waals surface area contributed by atoms with E-state index >= 15 is 0 Å². The number of rotatable bonds is 12. The molecule has 0 unspecified atom stereocenters. The standard InChI is InChI=1S/C39H48N2/c1-2-3-4-5-6-11-30-24-26-39(27-25-30,35-20-16-31(17-21-35)28-33-12-7-9-14-37(33)40)36-22-18-32(19-23-36)29-34-13-8-10-15-38(34)41/h7-10,12-23,30H,2-6,11,24-29,40-41H2,1H3. The third kappa shape index (κ3) is 7.22. The Morgan fingerprint density at radius 1 is 0.585 bits per heavy atom. The monoisotopic (exact) mass is 544 g/mol. The molecule has 1 fully saturated rings. The normalized spacial score (nSPS) is 15.1. The first-order valence-corrected chi connectivity index (χ1v) is 15.9. The number of para-hydroxylation sites is 2. The lowest BCUT2D eigenvalue weighted by molar-refractivity contribution is 0.250. The number of anilines is 2. The molecule has 2 nitrogen and oxygen atoms in total. The van der Waals surface area contributed by atoms with Crippen LogP contribution in [0.2, 0.25) is 0 Å². The minimum Gasteiger partial charge on any atom is -0.398 e. The van der Waals surface area contributed by atoms with E-state index in [9.17, 15) is 0 Å². The van der Waals surface area contributed by atoms with Crippen molar-refractivity contribution in [3.63, 3.8) is 0 Å². The Balaban J connectivity index is 1.35. The first kappa shape index (κ1) is 29.0. The van der Waals surface area contributed by atoms with E-state index in [0.29, 0.717) is 0 Å². The number of hydrogen-bond donors (Lipinski definition) is 2. The molecule has 0 saturated heterocycles. The summed E-state index contributed by atoms with van der Waals surface area (Å²) in [5.74, 6) is 0.866. The van der Waals surface area contributed by atoms with Gasteiger partial charge in [0.2, 0.25) is 0 Å². The van der Waals surface area contributed by atoms with E-state index < -0.39 is 0 Å². The predicted octanol–water partition coefficient (Wildman–Crippen LogP) is 9.87. The first-order chi connectivity index (χ1) is 20.1. The molecule has 0 amide bonds. The molecule has 4 aromatic rings. The zero-order chi connectivity index (χ0) is 28.5. The highest BCUT2D eigenvalue weighted by Crippen LogP contribution is 2.47. The molecule has 1 aliphatic rings. The fourth-order valence-corrected chi connectivity index (χ4v) is 6.95. The van der Waals surface area contributed by atoms with Gasteiger partial charge in [-0.2, -0.15) is 0 Å². The molecule has 0 aromatic heterocycles. The lowest BCUT2D eigenvalue weighted by Crippen LogP contribution is -2.33. The second-order valence-corrected chi connectivity index (χ2v) is 12.4. The lowest BCUT2D eigenvalue weighted by Gasteiger charge is -2.42. The van der Waals surface area contributed by atoms with E-state index in [-0.39, 0.29) is 5.41 Å². The van der Waals surface area contributed by atoms with Crippen molar-refractivity contribution >= 4 is 11.4 Å². The Morgan fingerprint density at radius 3 is 1.51 bits per heavy atom. The van der Waals surface area contributed by atoms with Crippen LogP contribution < -0.4 is 11.5 Å². The predicted molar refractivity (Wildman–Crippen MR) is 176 cm³/mol. The van der Waals surface area contributed by atoms with Crippen molar-refractivity contribution < 1.29 is 0 Å². The van der Waals surface area contributed by atoms with Gasteiger partial charge in [-0.25, -0.2) is 0 Å². The van der Waals surface area contributed by atoms with Gasteiger partial charge in [0.1, 0.15) is 0 Å². The van der Waals surface area contributed by atoms with Crippen LogP contribution in [-0.4, -0.2) is 0 Å². The molecule has 1 aliphatic carbocycles. The quantitative estimate of drug-likeness (QED) is 0.138. The smallest absolute Gasteiger partial charge is 0.0349 e. The summed E-state index contributed by atoms with van der Waals surface area (Å²) in [6, 6.07) is 35.4. The lowest BCUT2D eigenvalue weighted by atomic mass is 9.62. The zero-order valence-corrected chi connectivity index (χ0v) is 25.0. The number of nitrogen functional groups attached to an aromatic ring is 2. The molecule has 214 valence electrons. The minimum atomic E-state index is 0.0767. The summed E-state index contributed by atoms with van der Waals surface area (Å²) in [4.78, 5) is 0. The molecule has 2 heteroatoms. The Morgan fingerprint density at radius 2 is 1.05 bits per heavy atom. The van der Waals surface area contributed by atoms with Gasteiger partial charge in [-0.05, 0) is 90.0 Å². The van der Waals surface area contributed by atoms with Gasteiger partial charge in [0.15, 0.2) is 0 Å². The third-order valence-corrected chi connectivity index (χ3v) is 9.59. The molecular weight excluding hydrogens is 496 g/mol. The maximum Gasteiger partial charge on any atom is 0.0349 e. The summed E-state index contributed by atoms with van der Waals surface area (Å²) in [6.07, 6.45) is 15.1. The summed E-state index contributed by atoms with van der Waals surface area (Å²) in [7, 11) is 0. The molecule has 4 N–H and O–H groups in total. The highest BCUT2D eigenvalue weighted by molar-refractivity contribution is 5.51. The van der Waals surface area contributed by atoms with Gasteiger partial charge in [0.05, 0.1) is 0 Å². The van der Waals surface area contributed by atoms with Crippen LogP contribution >= 0.6 is 0 Å². The third-order valence-electron chi connectivity index (χ3n) is 9.59. The highest BCUT2D eigenvalue weighted by Gasteiger charge is 2.38. The molecule has 5 rings (SSSR count). The number of hydrogen-bond acceptors (Lipinski definition) is 2. The first-order valence-electron chi connectivity index (χ1n) is 15.9. The van der Waals surface area contributed by atoms with Crippen molar-refractivity contribution in [2.75, 3.05) is 11.5 Å². The van der Waals surface area contributed by atoms with Crippen molar-refractivity contribution in [3.05, 3.63) is 130 Å². The Hall–Kier alpha value is -3.52. The van der Waals surface area contributed by atoms with Crippen molar-refractivity contribution in [2.24, 2.45) is 5.92 Å². The molecule has 0 radical (unpaired) electrons. The van der Waals surface area contributed by atoms with E-state index in [1.54, 1.807) is 0 Å². The summed E-state index contributed by atoms with van der Waals surface area (Å²) in [5.41, 5.74) is 22.3. The van der Waals surface area contributed by atoms with E-state index in [4.69, 9.17) is 11.5 Å². The molecule has 0 heterocycles. The number of nitrogens with two attached hydrogens (primary N) is 2. The van der Waals surface area contributed by atoms with E-state index in [1.165, 1.54) is 97.6 Å². The summed E-state index contributed by atoms with van der Waals surface area (Å²) in [6.45, 7) is 2.30. The molecular formula is C39H48N2. The van der Waals surface area contributed by atoms with Crippen LogP contribution in [0.15, 0.2) is 97.1 Å². The van der Waals surface area contributed by atoms with E-state index in [2.05, 4.69) is 79.7 Å². The molecule has 0 bridgehead atoms. The maximum atomic E-state index is 6.25. The molecule has 0 atom stereocenters. The molecule has 0 spiro atoms. The number of benzene rings is 4. The Kier molecular flexibility index (Phi) is 9.83. The molecule has 1 saturated carbocycles. The van der Waals surface area contributed by atoms with E-state index in [0.717, 1.165) is 30.1 Å². The number of unbranched alkanes of at least 4 members (excludes halogenated alkanes) is 4. The average Bonchev–Trinajstić information content (AvgIpc) is 3.01. The topological polar surface area (TPSA) is 52.0 Å². The average molecular weight is 545 g/mol. The van der Waals surface area contributed by atoms with Gasteiger partial charge in [-0.1, -0.05) is 130 Å². The SMILES string of the molecule is CCCCCCCC1CCC(c2ccc(Cc3ccccc3N)cc2)(c2ccc(Cc3ccccc3N)cc2)CC1. The Labute approximate surface area is 248 Å². The van der Waals surface area contributed by atoms with Gasteiger partial charge in [-0.3, -0.25) is 0 Å². The van der Waals surface area contributed by atoms with Crippen LogP contribution in [0, 0.1) is 5.92 Å². The highest BCUT2D eigenvalue weighted by atomic mass is 14.6. The van der Waals surface area contributed by atoms with Gasteiger partial charge >= 0.3 is 0 Å². The van der Waals surface area contributed by atoms with Crippen LogP contribution in [0.3, 0.4) is 0 Å². The largest absolute Gasteiger partial charge is 0.398 e. The van der Waals surface area contributed by atoms with Crippen molar-refractivity contribution in [3.8, 4) is 0 Å². The van der Waals surface area contributed by atoms with Crippen molar-refractivity contribution in [2.45, 2.75) is 89.4 Å². The van der Waals surface area contributed by atoms with Crippen LogP contribution in [0.25, 0.3) is 0 Å². The fourth-order valence-electron chi connectivity index (χ4n) is 6.95. The van der Waals surface area contributed by atoms with E-state index in [1.807, 2.05) is 24.3 Å². The minimum absolute atomic E-state index is 0.0767. The van der Waals surface area contributed by atoms with Crippen molar-refractivity contribution in [1.82, 2.24) is 0 Å². The van der Waals surface area contributed by atoms with Gasteiger partial charge in [-0.15, -0.1) is 0 Å². The van der Waals surface area contributed by atoms with Crippen LogP contribution in [0.4, 0.5) is 11.4 Å². The summed E-state index contributed by atoms with van der Waals surface area (Å²) >= 11 is 0. The molecule has 0 aliphatic heterocycles. The van der Waals surface area contributed by atoms with Crippen LogP contribution in [0.1, 0.15) is 105 Å². The second kappa shape index (κ2) is 13.9. The Bertz CT molecular complexity index is 1270. The second-order valence-electron chi connectivity index (χ2n) is 12.4. The molecule has 41 heavy (non-hydrogen) atoms. The van der Waals surface area contributed by atoms with Gasteiger partial charge in [0, 0.05) is 16.8 Å². The van der Waals surface area contributed by atoms with Crippen LogP contribution in [0.5, 0.6) is 0 Å². The summed E-state index contributed by atoms with van der Waals surface area (Å²) in [5, 5.41) is 0. The summed E-state index contributed by atoms with van der Waals surface area (Å²) < 4.78 is 0. The van der Waals surface area contributed by atoms with Gasteiger partial charge < -0.3 is 11.5 Å².